The van der Waals surface area contributed by atoms with Crippen LogP contribution in [0.4, 0.5) is 0 Å². The zero-order valence-corrected chi connectivity index (χ0v) is 18.5. The number of hydrogen-bond donors (Lipinski definition) is 3. The molecule has 0 aliphatic carbocycles. The van der Waals surface area contributed by atoms with E-state index >= 15 is 0 Å². The molecule has 7 heteroatoms. The van der Waals surface area contributed by atoms with Crippen LogP contribution < -0.4 is 0 Å². The maximum absolute atomic E-state index is 9.80. The van der Waals surface area contributed by atoms with Gasteiger partial charge in [-0.1, -0.05) is 37.1 Å². The number of aryl methyl sites for hydroxylation is 1. The van der Waals surface area contributed by atoms with Crippen LogP contribution in [0, 0.1) is 0 Å². The van der Waals surface area contributed by atoms with Gasteiger partial charge in [0, 0.05) is 18.5 Å². The van der Waals surface area contributed by atoms with E-state index in [2.05, 4.69) is 61.9 Å². The lowest BCUT2D eigenvalue weighted by atomic mass is 9.97. The van der Waals surface area contributed by atoms with Gasteiger partial charge >= 0.3 is 0 Å². The first-order valence-corrected chi connectivity index (χ1v) is 11.7. The molecule has 0 unspecified atom stereocenters. The summed E-state index contributed by atoms with van der Waals surface area (Å²) in [6.45, 7) is 4.10. The third-order valence-electron chi connectivity index (χ3n) is 5.92. The molecule has 4 aromatic rings. The fourth-order valence-corrected chi connectivity index (χ4v) is 4.69. The lowest BCUT2D eigenvalue weighted by Gasteiger charge is -2.22. The minimum atomic E-state index is 0.299. The number of aromatic amines is 2. The molecule has 0 spiro atoms. The number of nitrogens with one attached hydrogen (secondary N) is 2. The van der Waals surface area contributed by atoms with Crippen molar-refractivity contribution in [3.8, 4) is 28.4 Å². The van der Waals surface area contributed by atoms with Crippen molar-refractivity contribution < 1.29 is 5.11 Å². The van der Waals surface area contributed by atoms with Crippen molar-refractivity contribution in [3.05, 3.63) is 59.9 Å². The summed E-state index contributed by atoms with van der Waals surface area (Å²) in [6.07, 6.45) is 8.17. The average molecular weight is 432 g/mol. The minimum absolute atomic E-state index is 0.299. The van der Waals surface area contributed by atoms with Crippen molar-refractivity contribution in [2.24, 2.45) is 0 Å². The summed E-state index contributed by atoms with van der Waals surface area (Å²) in [5.41, 5.74) is 7.53. The molecule has 6 nitrogen and oxygen atoms in total. The van der Waals surface area contributed by atoms with E-state index in [0.29, 0.717) is 5.75 Å². The molecule has 0 fully saturated rings. The van der Waals surface area contributed by atoms with Crippen LogP contribution in [0.5, 0.6) is 5.75 Å². The van der Waals surface area contributed by atoms with E-state index in [4.69, 9.17) is 0 Å². The van der Waals surface area contributed by atoms with Crippen molar-refractivity contribution >= 4 is 28.4 Å². The van der Waals surface area contributed by atoms with E-state index in [1.54, 1.807) is 18.0 Å². The van der Waals surface area contributed by atoms with Gasteiger partial charge in [-0.3, -0.25) is 5.10 Å². The van der Waals surface area contributed by atoms with E-state index in [1.807, 2.05) is 18.3 Å². The van der Waals surface area contributed by atoms with Crippen LogP contribution in [0.25, 0.3) is 39.1 Å². The Morgan fingerprint density at radius 3 is 2.87 bits per heavy atom. The third kappa shape index (κ3) is 3.75. The molecule has 5 rings (SSSR count). The number of benzene rings is 2. The second-order valence-corrected chi connectivity index (χ2v) is 8.60. The fraction of sp³-hybridized carbons (Fsp3) is 0.250. The van der Waals surface area contributed by atoms with Gasteiger partial charge < -0.3 is 10.1 Å². The van der Waals surface area contributed by atoms with Crippen molar-refractivity contribution in [3.63, 3.8) is 0 Å². The predicted octanol–water partition coefficient (Wildman–Crippen LogP) is 5.26. The number of hydrogen-bond acceptors (Lipinski definition) is 5. The average Bonchev–Trinajstić information content (AvgIpc) is 3.45. The first-order chi connectivity index (χ1) is 15.2. The van der Waals surface area contributed by atoms with E-state index in [9.17, 15) is 5.11 Å². The summed E-state index contributed by atoms with van der Waals surface area (Å²) >= 11 is 1.79. The highest BCUT2D eigenvalue weighted by Gasteiger charge is 2.17. The lowest BCUT2D eigenvalue weighted by molar-refractivity contribution is 0.474. The van der Waals surface area contributed by atoms with Crippen molar-refractivity contribution in [1.29, 1.82) is 0 Å². The Morgan fingerprint density at radius 1 is 1.19 bits per heavy atom. The highest BCUT2D eigenvalue weighted by atomic mass is 32.2. The van der Waals surface area contributed by atoms with E-state index in [0.717, 1.165) is 70.7 Å². The first kappa shape index (κ1) is 19.9. The monoisotopic (exact) mass is 431 g/mol. The Kier molecular flexibility index (Phi) is 5.29. The molecule has 1 aliphatic heterocycles. The molecule has 1 aliphatic rings. The van der Waals surface area contributed by atoms with Crippen LogP contribution >= 0.6 is 11.9 Å². The highest BCUT2D eigenvalue weighted by Crippen LogP contribution is 2.33. The Labute approximate surface area is 185 Å². The Balaban J connectivity index is 1.47. The number of aromatic nitrogens is 4. The third-order valence-corrected chi connectivity index (χ3v) is 6.77. The van der Waals surface area contributed by atoms with Gasteiger partial charge in [0.25, 0.3) is 0 Å². The van der Waals surface area contributed by atoms with Gasteiger partial charge in [-0.15, -0.1) is 0 Å². The van der Waals surface area contributed by atoms with Crippen LogP contribution in [0.3, 0.4) is 0 Å². The Hall–Kier alpha value is -3.03. The highest BCUT2D eigenvalue weighted by molar-refractivity contribution is 7.96. The van der Waals surface area contributed by atoms with E-state index in [-0.39, 0.29) is 0 Å². The van der Waals surface area contributed by atoms with Gasteiger partial charge in [0.1, 0.15) is 11.4 Å². The molecule has 0 amide bonds. The number of rotatable bonds is 5. The molecule has 0 atom stereocenters. The molecule has 0 bridgehead atoms. The zero-order chi connectivity index (χ0) is 21.4. The molecular formula is C24H25N5OS. The second-order valence-electron chi connectivity index (χ2n) is 7.72. The topological polar surface area (TPSA) is 80.8 Å². The Bertz CT molecular complexity index is 1270. The van der Waals surface area contributed by atoms with Gasteiger partial charge in [0.2, 0.25) is 0 Å². The number of fused-ring (bicyclic) bond motifs is 1. The van der Waals surface area contributed by atoms with Gasteiger partial charge in [0.15, 0.2) is 5.82 Å². The molecule has 2 aromatic carbocycles. The maximum Gasteiger partial charge on any atom is 0.159 e. The van der Waals surface area contributed by atoms with Gasteiger partial charge in [0.05, 0.1) is 17.4 Å². The summed E-state index contributed by atoms with van der Waals surface area (Å²) in [5, 5.41) is 18.6. The van der Waals surface area contributed by atoms with Gasteiger partial charge in [-0.2, -0.15) is 5.10 Å². The summed E-state index contributed by atoms with van der Waals surface area (Å²) in [6, 6.07) is 11.9. The Morgan fingerprint density at radius 2 is 2.10 bits per heavy atom. The van der Waals surface area contributed by atoms with Crippen molar-refractivity contribution in [2.75, 3.05) is 19.3 Å². The predicted molar refractivity (Wildman–Crippen MR) is 128 cm³/mol. The van der Waals surface area contributed by atoms with Crippen LogP contribution in [-0.4, -0.2) is 48.9 Å². The van der Waals surface area contributed by atoms with E-state index < -0.39 is 0 Å². The molecule has 158 valence electrons. The lowest BCUT2D eigenvalue weighted by Crippen LogP contribution is -2.21. The number of imidazole rings is 1. The molecule has 3 heterocycles. The molecule has 0 radical (unpaired) electrons. The number of phenols is 1. The second kappa shape index (κ2) is 8.24. The fourth-order valence-electron chi connectivity index (χ4n) is 4.19. The normalized spacial score (nSPS) is 14.8. The minimum Gasteiger partial charge on any atom is -0.508 e. The summed E-state index contributed by atoms with van der Waals surface area (Å²) in [7, 11) is 0. The summed E-state index contributed by atoms with van der Waals surface area (Å²) in [4.78, 5) is 8.08. The van der Waals surface area contributed by atoms with Gasteiger partial charge in [-0.25, -0.2) is 9.29 Å². The number of nitrogens with zero attached hydrogens (tertiary/aromatic N) is 3. The van der Waals surface area contributed by atoms with Crippen LogP contribution in [-0.2, 0) is 6.42 Å². The van der Waals surface area contributed by atoms with Crippen LogP contribution in [0.2, 0.25) is 0 Å². The molecule has 0 saturated heterocycles. The first-order valence-electron chi connectivity index (χ1n) is 10.5. The van der Waals surface area contributed by atoms with Crippen LogP contribution in [0.1, 0.15) is 24.6 Å². The summed E-state index contributed by atoms with van der Waals surface area (Å²) in [5.74, 6) is 1.08. The number of H-pyrrole nitrogens is 2. The molecule has 2 aromatic heterocycles. The van der Waals surface area contributed by atoms with Crippen molar-refractivity contribution in [1.82, 2.24) is 24.5 Å². The maximum atomic E-state index is 9.80. The van der Waals surface area contributed by atoms with Crippen molar-refractivity contribution in [2.45, 2.75) is 19.8 Å². The molecule has 31 heavy (non-hydrogen) atoms. The smallest absolute Gasteiger partial charge is 0.159 e. The molecule has 0 saturated carbocycles. The summed E-state index contributed by atoms with van der Waals surface area (Å²) < 4.78 is 2.34. The van der Waals surface area contributed by atoms with Gasteiger partial charge in [-0.05, 0) is 65.6 Å². The largest absolute Gasteiger partial charge is 0.508 e. The number of phenolic OH excluding ortho intramolecular Hbond substituents is 1. The zero-order valence-electron chi connectivity index (χ0n) is 17.6. The standard InChI is InChI=1S/C24H25N5OS/c1-3-15-12-18(30)5-7-19(15)17-4-6-20-21(13-17)27-28-23(20)24-25-14-22(26-24)16-8-10-29(31-2)11-9-16/h4-8,12-14,30H,3,9-11H2,1-2H3,(H,25,26)(H,27,28). The quantitative estimate of drug-likeness (QED) is 0.376. The molecular weight excluding hydrogens is 406 g/mol. The van der Waals surface area contributed by atoms with E-state index in [1.165, 1.54) is 5.57 Å². The molecule has 3 N–H and O–H groups in total. The van der Waals surface area contributed by atoms with Crippen LogP contribution in [0.15, 0.2) is 48.7 Å². The number of aromatic hydroxyl groups is 1. The SMILES string of the molecule is CCc1cc(O)ccc1-c1ccc2c(-c3ncc(C4=CCN(SC)CC4)[nH]3)n[nH]c2c1.